The summed E-state index contributed by atoms with van der Waals surface area (Å²) >= 11 is 0. The van der Waals surface area contributed by atoms with Crippen molar-refractivity contribution in [1.82, 2.24) is 15.1 Å². The molecule has 1 aliphatic rings. The fourth-order valence-corrected chi connectivity index (χ4v) is 2.56. The van der Waals surface area contributed by atoms with E-state index < -0.39 is 0 Å². The van der Waals surface area contributed by atoms with Gasteiger partial charge in [-0.15, -0.1) is 0 Å². The van der Waals surface area contributed by atoms with Gasteiger partial charge in [0.05, 0.1) is 23.9 Å². The SMILES string of the molecule is Cc1noc([C@H]2CN(c3ccc(C#N)c(C)n3)C[C@@H](C)O2)n1. The molecule has 0 spiro atoms. The Morgan fingerprint density at radius 3 is 2.73 bits per heavy atom. The van der Waals surface area contributed by atoms with Gasteiger partial charge in [-0.05, 0) is 32.9 Å². The van der Waals surface area contributed by atoms with Crippen molar-refractivity contribution in [1.29, 1.82) is 5.26 Å². The van der Waals surface area contributed by atoms with Crippen molar-refractivity contribution in [2.45, 2.75) is 33.0 Å². The second-order valence-electron chi connectivity index (χ2n) is 5.43. The van der Waals surface area contributed by atoms with Gasteiger partial charge in [-0.1, -0.05) is 5.16 Å². The molecule has 0 amide bonds. The molecule has 1 fully saturated rings. The van der Waals surface area contributed by atoms with Gasteiger partial charge < -0.3 is 14.2 Å². The van der Waals surface area contributed by atoms with E-state index in [1.807, 2.05) is 19.9 Å². The van der Waals surface area contributed by atoms with E-state index in [-0.39, 0.29) is 12.2 Å². The Bertz CT molecular complexity index is 721. The first-order valence-corrected chi connectivity index (χ1v) is 7.15. The molecule has 7 nitrogen and oxygen atoms in total. The van der Waals surface area contributed by atoms with Gasteiger partial charge in [-0.3, -0.25) is 0 Å². The summed E-state index contributed by atoms with van der Waals surface area (Å²) in [6, 6.07) is 5.79. The lowest BCUT2D eigenvalue weighted by molar-refractivity contribution is -0.0333. The molecule has 0 saturated carbocycles. The Morgan fingerprint density at radius 1 is 1.27 bits per heavy atom. The summed E-state index contributed by atoms with van der Waals surface area (Å²) in [5, 5.41) is 12.8. The third kappa shape index (κ3) is 2.78. The van der Waals surface area contributed by atoms with Gasteiger partial charge in [-0.2, -0.15) is 10.2 Å². The van der Waals surface area contributed by atoms with Crippen LogP contribution in [0.15, 0.2) is 16.7 Å². The van der Waals surface area contributed by atoms with Crippen LogP contribution in [0.3, 0.4) is 0 Å². The summed E-state index contributed by atoms with van der Waals surface area (Å²) in [5.41, 5.74) is 1.32. The molecule has 3 heterocycles. The average molecular weight is 299 g/mol. The molecule has 114 valence electrons. The van der Waals surface area contributed by atoms with Crippen LogP contribution in [0, 0.1) is 25.2 Å². The Balaban J connectivity index is 1.84. The number of pyridine rings is 1. The maximum Gasteiger partial charge on any atom is 0.257 e. The highest BCUT2D eigenvalue weighted by atomic mass is 16.5. The van der Waals surface area contributed by atoms with Crippen LogP contribution in [0.25, 0.3) is 0 Å². The first kappa shape index (κ1) is 14.5. The fourth-order valence-electron chi connectivity index (χ4n) is 2.56. The van der Waals surface area contributed by atoms with E-state index in [0.717, 1.165) is 18.1 Å². The molecule has 2 aromatic rings. The van der Waals surface area contributed by atoms with E-state index in [1.165, 1.54) is 0 Å². The third-order valence-corrected chi connectivity index (χ3v) is 3.59. The molecule has 2 aromatic heterocycles. The molecular formula is C15H17N5O2. The van der Waals surface area contributed by atoms with Gasteiger partial charge in [0.15, 0.2) is 11.9 Å². The van der Waals surface area contributed by atoms with Crippen molar-refractivity contribution >= 4 is 5.82 Å². The van der Waals surface area contributed by atoms with Crippen LogP contribution in [-0.2, 0) is 4.74 Å². The Hall–Kier alpha value is -2.46. The number of anilines is 1. The standard InChI is InChI=1S/C15H17N5O2/c1-9-7-20(14-5-4-12(6-16)10(2)17-14)8-13(21-9)15-18-11(3)19-22-15/h4-5,9,13H,7-8H2,1-3H3/t9-,13-/m1/s1. The Kier molecular flexibility index (Phi) is 3.77. The lowest BCUT2D eigenvalue weighted by Gasteiger charge is -2.36. The van der Waals surface area contributed by atoms with Gasteiger partial charge in [0.25, 0.3) is 5.89 Å². The highest BCUT2D eigenvalue weighted by Crippen LogP contribution is 2.27. The van der Waals surface area contributed by atoms with E-state index >= 15 is 0 Å². The summed E-state index contributed by atoms with van der Waals surface area (Å²) in [6.45, 7) is 6.93. The van der Waals surface area contributed by atoms with Gasteiger partial charge in [0, 0.05) is 6.54 Å². The molecular weight excluding hydrogens is 282 g/mol. The smallest absolute Gasteiger partial charge is 0.257 e. The first-order chi connectivity index (χ1) is 10.6. The summed E-state index contributed by atoms with van der Waals surface area (Å²) in [4.78, 5) is 10.9. The number of aromatic nitrogens is 3. The van der Waals surface area contributed by atoms with Gasteiger partial charge in [0.1, 0.15) is 11.9 Å². The number of nitrogens with zero attached hydrogens (tertiary/aromatic N) is 5. The molecule has 0 unspecified atom stereocenters. The van der Waals surface area contributed by atoms with E-state index in [4.69, 9.17) is 14.5 Å². The largest absolute Gasteiger partial charge is 0.362 e. The number of aryl methyl sites for hydroxylation is 2. The first-order valence-electron chi connectivity index (χ1n) is 7.15. The maximum absolute atomic E-state index is 9.00. The van der Waals surface area contributed by atoms with Crippen LogP contribution in [0.2, 0.25) is 0 Å². The van der Waals surface area contributed by atoms with Crippen molar-refractivity contribution in [2.24, 2.45) is 0 Å². The van der Waals surface area contributed by atoms with E-state index in [9.17, 15) is 0 Å². The lowest BCUT2D eigenvalue weighted by Crippen LogP contribution is -2.43. The van der Waals surface area contributed by atoms with Gasteiger partial charge in [-0.25, -0.2) is 4.98 Å². The molecule has 0 bridgehead atoms. The van der Waals surface area contributed by atoms with Crippen LogP contribution >= 0.6 is 0 Å². The quantitative estimate of drug-likeness (QED) is 0.837. The van der Waals surface area contributed by atoms with Gasteiger partial charge in [0.2, 0.25) is 0 Å². The van der Waals surface area contributed by atoms with Crippen molar-refractivity contribution < 1.29 is 9.26 Å². The molecule has 0 radical (unpaired) electrons. The van der Waals surface area contributed by atoms with Crippen molar-refractivity contribution in [3.8, 4) is 6.07 Å². The summed E-state index contributed by atoms with van der Waals surface area (Å²) in [5.74, 6) is 1.91. The predicted octanol–water partition coefficient (Wildman–Crippen LogP) is 1.92. The molecule has 0 N–H and O–H groups in total. The topological polar surface area (TPSA) is 88.1 Å². The molecule has 0 aliphatic carbocycles. The third-order valence-electron chi connectivity index (χ3n) is 3.59. The molecule has 2 atom stereocenters. The molecule has 1 saturated heterocycles. The minimum absolute atomic E-state index is 0.0173. The number of rotatable bonds is 2. The zero-order valence-electron chi connectivity index (χ0n) is 12.8. The maximum atomic E-state index is 9.00. The minimum Gasteiger partial charge on any atom is -0.362 e. The van der Waals surface area contributed by atoms with Crippen molar-refractivity contribution in [3.05, 3.63) is 35.1 Å². The molecule has 1 aliphatic heterocycles. The summed E-state index contributed by atoms with van der Waals surface area (Å²) in [6.07, 6.45) is -0.258. The van der Waals surface area contributed by atoms with E-state index in [1.54, 1.807) is 13.0 Å². The molecule has 7 heteroatoms. The average Bonchev–Trinajstić information content (AvgIpc) is 2.93. The molecule has 22 heavy (non-hydrogen) atoms. The van der Waals surface area contributed by atoms with E-state index in [0.29, 0.717) is 23.8 Å². The number of ether oxygens (including phenoxy) is 1. The van der Waals surface area contributed by atoms with Crippen LogP contribution in [0.5, 0.6) is 0 Å². The second kappa shape index (κ2) is 5.73. The highest BCUT2D eigenvalue weighted by Gasteiger charge is 2.31. The Labute approximate surface area is 128 Å². The normalized spacial score (nSPS) is 21.6. The zero-order valence-corrected chi connectivity index (χ0v) is 12.8. The van der Waals surface area contributed by atoms with E-state index in [2.05, 4.69) is 26.1 Å². The minimum atomic E-state index is -0.275. The Morgan fingerprint density at radius 2 is 2.09 bits per heavy atom. The summed E-state index contributed by atoms with van der Waals surface area (Å²) in [7, 11) is 0. The lowest BCUT2D eigenvalue weighted by atomic mass is 10.2. The predicted molar refractivity (Wildman–Crippen MR) is 78.2 cm³/mol. The fraction of sp³-hybridized carbons (Fsp3) is 0.467. The van der Waals surface area contributed by atoms with Gasteiger partial charge >= 0.3 is 0 Å². The van der Waals surface area contributed by atoms with Crippen molar-refractivity contribution in [3.63, 3.8) is 0 Å². The zero-order chi connectivity index (χ0) is 15.7. The molecule has 3 rings (SSSR count). The number of hydrogen-bond donors (Lipinski definition) is 0. The number of nitriles is 1. The van der Waals surface area contributed by atoms with Crippen LogP contribution < -0.4 is 4.90 Å². The van der Waals surface area contributed by atoms with Crippen LogP contribution in [0.1, 0.15) is 36.0 Å². The van der Waals surface area contributed by atoms with Crippen LogP contribution in [-0.4, -0.2) is 34.3 Å². The van der Waals surface area contributed by atoms with Crippen LogP contribution in [0.4, 0.5) is 5.82 Å². The monoisotopic (exact) mass is 299 g/mol. The summed E-state index contributed by atoms with van der Waals surface area (Å²) < 4.78 is 11.1. The number of hydrogen-bond acceptors (Lipinski definition) is 7. The number of morpholine rings is 1. The molecule has 0 aromatic carbocycles. The van der Waals surface area contributed by atoms with Crippen molar-refractivity contribution in [2.75, 3.05) is 18.0 Å². The second-order valence-corrected chi connectivity index (χ2v) is 5.43. The highest BCUT2D eigenvalue weighted by molar-refractivity contribution is 5.45.